The summed E-state index contributed by atoms with van der Waals surface area (Å²) in [5.74, 6) is 1.34. The number of β-lactam (4-membered cyclic amide) rings is 1. The van der Waals surface area contributed by atoms with Gasteiger partial charge in [0.1, 0.15) is 4.87 Å². The van der Waals surface area contributed by atoms with Crippen LogP contribution < -0.4 is 0 Å². The van der Waals surface area contributed by atoms with Crippen LogP contribution in [0.4, 0.5) is 0 Å². The maximum Gasteiger partial charge on any atom is 0.233 e. The quantitative estimate of drug-likeness (QED) is 0.694. The largest absolute Gasteiger partial charge is 0.321 e. The highest BCUT2D eigenvalue weighted by atomic mass is 32.2. The van der Waals surface area contributed by atoms with E-state index >= 15 is 0 Å². The molecule has 2 fully saturated rings. The Morgan fingerprint density at radius 2 is 1.94 bits per heavy atom. The minimum Gasteiger partial charge on any atom is -0.321 e. The molecule has 0 N–H and O–H groups in total. The van der Waals surface area contributed by atoms with Crippen molar-refractivity contribution < 1.29 is 4.79 Å². The fourth-order valence-electron chi connectivity index (χ4n) is 2.98. The number of fused-ring (bicyclic) bond motifs is 1. The first-order chi connectivity index (χ1) is 7.61. The summed E-state index contributed by atoms with van der Waals surface area (Å²) in [5, 5.41) is 0. The molecule has 0 radical (unpaired) electrons. The highest BCUT2D eigenvalue weighted by molar-refractivity contribution is 8.00. The van der Waals surface area contributed by atoms with Crippen molar-refractivity contribution in [3.8, 4) is 0 Å². The zero-order valence-electron chi connectivity index (χ0n) is 9.56. The summed E-state index contributed by atoms with van der Waals surface area (Å²) in [6, 6.07) is 10.4. The van der Waals surface area contributed by atoms with Gasteiger partial charge in [-0.3, -0.25) is 4.79 Å². The molecule has 3 rings (SSSR count). The number of amides is 1. The van der Waals surface area contributed by atoms with Crippen LogP contribution in [-0.4, -0.2) is 23.1 Å². The smallest absolute Gasteiger partial charge is 0.233 e. The van der Waals surface area contributed by atoms with E-state index in [1.807, 2.05) is 22.7 Å². The average Bonchev–Trinajstić information content (AvgIpc) is 2.72. The molecule has 1 atom stereocenters. The number of hydrogen-bond acceptors (Lipinski definition) is 2. The summed E-state index contributed by atoms with van der Waals surface area (Å²) in [5.41, 5.74) is 0.998. The van der Waals surface area contributed by atoms with Gasteiger partial charge >= 0.3 is 0 Å². The third-order valence-corrected chi connectivity index (χ3v) is 5.57. The van der Waals surface area contributed by atoms with Crippen LogP contribution in [0, 0.1) is 5.41 Å². The van der Waals surface area contributed by atoms with Gasteiger partial charge in [-0.15, -0.1) is 11.8 Å². The Hall–Kier alpha value is -0.960. The second-order valence-electron chi connectivity index (χ2n) is 4.94. The van der Waals surface area contributed by atoms with Crippen molar-refractivity contribution in [3.63, 3.8) is 0 Å². The summed E-state index contributed by atoms with van der Waals surface area (Å²) >= 11 is 1.91. The zero-order chi connectivity index (χ0) is 11.4. The minimum atomic E-state index is -0.268. The molecule has 16 heavy (non-hydrogen) atoms. The number of benzene rings is 1. The van der Waals surface area contributed by atoms with E-state index in [-0.39, 0.29) is 10.3 Å². The molecule has 2 aliphatic heterocycles. The van der Waals surface area contributed by atoms with Crippen molar-refractivity contribution in [3.05, 3.63) is 35.9 Å². The topological polar surface area (TPSA) is 20.3 Å². The first kappa shape index (κ1) is 10.2. The van der Waals surface area contributed by atoms with Gasteiger partial charge in [-0.05, 0) is 19.4 Å². The normalized spacial score (nSPS) is 31.1. The summed E-state index contributed by atoms with van der Waals surface area (Å²) in [6.45, 7) is 5.02. The number of rotatable bonds is 1. The van der Waals surface area contributed by atoms with E-state index in [9.17, 15) is 4.79 Å². The Kier molecular flexibility index (Phi) is 1.94. The molecule has 0 bridgehead atoms. The van der Waals surface area contributed by atoms with Gasteiger partial charge in [-0.25, -0.2) is 0 Å². The van der Waals surface area contributed by atoms with Gasteiger partial charge in [-0.1, -0.05) is 30.3 Å². The van der Waals surface area contributed by atoms with Crippen LogP contribution in [0.5, 0.6) is 0 Å². The van der Waals surface area contributed by atoms with Gasteiger partial charge in [0, 0.05) is 12.3 Å². The molecule has 0 aliphatic carbocycles. The molecule has 1 aromatic carbocycles. The summed E-state index contributed by atoms with van der Waals surface area (Å²) in [4.78, 5) is 14.0. The monoisotopic (exact) mass is 233 g/mol. The standard InChI is InChI=1S/C13H15NOS/c1-12(2)11(15)14-8-9-16-13(12,14)10-6-4-3-5-7-10/h3-7H,8-9H2,1-2H3. The maximum absolute atomic E-state index is 12.1. The molecule has 1 aromatic rings. The Balaban J connectivity index is 2.14. The Labute approximate surface area is 100 Å². The van der Waals surface area contributed by atoms with Crippen molar-refractivity contribution in [1.82, 2.24) is 4.90 Å². The molecular formula is C13H15NOS. The van der Waals surface area contributed by atoms with E-state index in [2.05, 4.69) is 38.1 Å². The highest BCUT2D eigenvalue weighted by Crippen LogP contribution is 2.64. The van der Waals surface area contributed by atoms with E-state index in [0.29, 0.717) is 5.91 Å². The molecule has 3 heteroatoms. The second-order valence-corrected chi connectivity index (χ2v) is 6.23. The molecule has 2 nitrogen and oxygen atoms in total. The van der Waals surface area contributed by atoms with Gasteiger partial charge in [-0.2, -0.15) is 0 Å². The first-order valence-electron chi connectivity index (χ1n) is 5.62. The second kappa shape index (κ2) is 3.04. The number of carbonyl (C=O) groups excluding carboxylic acids is 1. The van der Waals surface area contributed by atoms with Crippen LogP contribution in [0.15, 0.2) is 30.3 Å². The number of carbonyl (C=O) groups is 1. The van der Waals surface area contributed by atoms with Gasteiger partial charge in [0.15, 0.2) is 0 Å². The van der Waals surface area contributed by atoms with E-state index in [1.54, 1.807) is 0 Å². The summed E-state index contributed by atoms with van der Waals surface area (Å²) < 4.78 is 0. The van der Waals surface area contributed by atoms with Crippen LogP contribution in [0.3, 0.4) is 0 Å². The summed E-state index contributed by atoms with van der Waals surface area (Å²) in [7, 11) is 0. The molecule has 1 unspecified atom stereocenters. The molecule has 1 amide bonds. The third-order valence-electron chi connectivity index (χ3n) is 3.80. The lowest BCUT2D eigenvalue weighted by atomic mass is 9.70. The predicted octanol–water partition coefficient (Wildman–Crippen LogP) is 2.45. The molecule has 0 spiro atoms. The lowest BCUT2D eigenvalue weighted by Crippen LogP contribution is -2.69. The van der Waals surface area contributed by atoms with Crippen molar-refractivity contribution >= 4 is 17.7 Å². The Bertz CT molecular complexity index is 443. The predicted molar refractivity (Wildman–Crippen MR) is 66.1 cm³/mol. The van der Waals surface area contributed by atoms with Crippen LogP contribution in [-0.2, 0) is 9.67 Å². The third kappa shape index (κ3) is 0.932. The molecule has 0 saturated carbocycles. The van der Waals surface area contributed by atoms with Crippen LogP contribution in [0.25, 0.3) is 0 Å². The average molecular weight is 233 g/mol. The summed E-state index contributed by atoms with van der Waals surface area (Å²) in [6.07, 6.45) is 0. The zero-order valence-corrected chi connectivity index (χ0v) is 10.4. The molecular weight excluding hydrogens is 218 g/mol. The lowest BCUT2D eigenvalue weighted by molar-refractivity contribution is -0.171. The Morgan fingerprint density at radius 3 is 2.62 bits per heavy atom. The number of thioether (sulfide) groups is 1. The maximum atomic E-state index is 12.1. The molecule has 0 aromatic heterocycles. The van der Waals surface area contributed by atoms with Crippen LogP contribution in [0.2, 0.25) is 0 Å². The SMILES string of the molecule is CC1(C)C(=O)N2CCSC21c1ccccc1. The van der Waals surface area contributed by atoms with Crippen LogP contribution in [0.1, 0.15) is 19.4 Å². The van der Waals surface area contributed by atoms with E-state index in [0.717, 1.165) is 12.3 Å². The fraction of sp³-hybridized carbons (Fsp3) is 0.462. The minimum absolute atomic E-state index is 0.106. The van der Waals surface area contributed by atoms with Crippen molar-refractivity contribution in [2.75, 3.05) is 12.3 Å². The molecule has 84 valence electrons. The van der Waals surface area contributed by atoms with Gasteiger partial charge < -0.3 is 4.90 Å². The van der Waals surface area contributed by atoms with Crippen LogP contribution >= 0.6 is 11.8 Å². The van der Waals surface area contributed by atoms with Gasteiger partial charge in [0.25, 0.3) is 0 Å². The Morgan fingerprint density at radius 1 is 1.25 bits per heavy atom. The van der Waals surface area contributed by atoms with E-state index in [4.69, 9.17) is 0 Å². The van der Waals surface area contributed by atoms with Crippen molar-refractivity contribution in [2.24, 2.45) is 5.41 Å². The van der Waals surface area contributed by atoms with Gasteiger partial charge in [0.2, 0.25) is 5.91 Å². The first-order valence-corrected chi connectivity index (χ1v) is 6.61. The molecule has 2 saturated heterocycles. The fourth-order valence-corrected chi connectivity index (χ4v) is 4.63. The van der Waals surface area contributed by atoms with Gasteiger partial charge in [0.05, 0.1) is 5.41 Å². The van der Waals surface area contributed by atoms with Crippen molar-refractivity contribution in [1.29, 1.82) is 0 Å². The molecule has 2 aliphatic rings. The lowest BCUT2D eigenvalue weighted by Gasteiger charge is -2.58. The van der Waals surface area contributed by atoms with Crippen molar-refractivity contribution in [2.45, 2.75) is 18.7 Å². The molecule has 2 heterocycles. The van der Waals surface area contributed by atoms with E-state index < -0.39 is 0 Å². The van der Waals surface area contributed by atoms with E-state index in [1.165, 1.54) is 5.56 Å². The number of nitrogens with zero attached hydrogens (tertiary/aromatic N) is 1. The number of hydrogen-bond donors (Lipinski definition) is 0. The highest BCUT2D eigenvalue weighted by Gasteiger charge is 2.69.